The molecule has 3 aromatic rings. The Bertz CT molecular complexity index is 1140. The van der Waals surface area contributed by atoms with E-state index in [1.807, 2.05) is 19.1 Å². The van der Waals surface area contributed by atoms with Crippen LogP contribution in [-0.4, -0.2) is 27.5 Å². The highest BCUT2D eigenvalue weighted by atomic mass is 127. The van der Waals surface area contributed by atoms with E-state index >= 15 is 0 Å². The summed E-state index contributed by atoms with van der Waals surface area (Å²) in [6, 6.07) is 18.0. The number of ether oxygens (including phenoxy) is 1. The number of carbonyl (C=O) groups is 1. The molecule has 0 fully saturated rings. The number of amides is 1. The number of anilines is 2. The summed E-state index contributed by atoms with van der Waals surface area (Å²) in [6.07, 6.45) is 0. The van der Waals surface area contributed by atoms with Crippen molar-refractivity contribution in [1.29, 1.82) is 0 Å². The summed E-state index contributed by atoms with van der Waals surface area (Å²) in [5, 5.41) is 2.70. The zero-order valence-electron chi connectivity index (χ0n) is 16.6. The van der Waals surface area contributed by atoms with Crippen LogP contribution in [0.15, 0.2) is 77.7 Å². The van der Waals surface area contributed by atoms with Crippen molar-refractivity contribution in [3.63, 3.8) is 0 Å². The zero-order chi connectivity index (χ0) is 22.4. The van der Waals surface area contributed by atoms with Gasteiger partial charge < -0.3 is 10.1 Å². The van der Waals surface area contributed by atoms with Gasteiger partial charge in [-0.3, -0.25) is 9.10 Å². The topological polar surface area (TPSA) is 75.7 Å². The molecule has 3 aromatic carbocycles. The van der Waals surface area contributed by atoms with Gasteiger partial charge in [-0.1, -0.05) is 0 Å². The molecule has 162 valence electrons. The maximum Gasteiger partial charge on any atom is 0.264 e. The number of benzene rings is 3. The molecule has 0 aliphatic carbocycles. The Labute approximate surface area is 194 Å². The number of rotatable bonds is 8. The summed E-state index contributed by atoms with van der Waals surface area (Å²) in [6.45, 7) is 1.85. The molecule has 0 bridgehead atoms. The lowest BCUT2D eigenvalue weighted by atomic mass is 10.3. The van der Waals surface area contributed by atoms with Gasteiger partial charge in [0.15, 0.2) is 0 Å². The fraction of sp³-hybridized carbons (Fsp3) is 0.136. The maximum atomic E-state index is 13.3. The Kier molecular flexibility index (Phi) is 7.50. The summed E-state index contributed by atoms with van der Waals surface area (Å²) in [4.78, 5) is 12.6. The third kappa shape index (κ3) is 5.95. The van der Waals surface area contributed by atoms with E-state index in [1.165, 1.54) is 12.1 Å². The molecule has 0 aromatic heterocycles. The van der Waals surface area contributed by atoms with Crippen molar-refractivity contribution in [3.05, 3.63) is 82.2 Å². The Balaban J connectivity index is 1.92. The Hall–Kier alpha value is -2.66. The highest BCUT2D eigenvalue weighted by Gasteiger charge is 2.27. The number of nitrogens with one attached hydrogen (secondary N) is 1. The van der Waals surface area contributed by atoms with Crippen LogP contribution >= 0.6 is 22.6 Å². The fourth-order valence-corrected chi connectivity index (χ4v) is 4.57. The van der Waals surface area contributed by atoms with Gasteiger partial charge >= 0.3 is 0 Å². The normalized spacial score (nSPS) is 11.1. The smallest absolute Gasteiger partial charge is 0.264 e. The SMILES string of the molecule is CCOc1ccc(N(CC(=O)Nc2ccc(I)cc2)S(=O)(=O)c2ccc(F)cc2)cc1. The first-order chi connectivity index (χ1) is 14.8. The number of hydrogen-bond acceptors (Lipinski definition) is 4. The van der Waals surface area contributed by atoms with Crippen molar-refractivity contribution in [2.24, 2.45) is 0 Å². The van der Waals surface area contributed by atoms with Gasteiger partial charge in [-0.05, 0) is 102 Å². The number of carbonyl (C=O) groups excluding carboxylic acids is 1. The number of hydrogen-bond donors (Lipinski definition) is 1. The predicted molar refractivity (Wildman–Crippen MR) is 126 cm³/mol. The average Bonchev–Trinajstić information content (AvgIpc) is 2.75. The van der Waals surface area contributed by atoms with E-state index in [2.05, 4.69) is 27.9 Å². The third-order valence-electron chi connectivity index (χ3n) is 4.25. The summed E-state index contributed by atoms with van der Waals surface area (Å²) in [5.41, 5.74) is 0.835. The molecule has 3 rings (SSSR count). The van der Waals surface area contributed by atoms with Crippen molar-refractivity contribution >= 4 is 49.9 Å². The van der Waals surface area contributed by atoms with Gasteiger partial charge in [-0.15, -0.1) is 0 Å². The van der Waals surface area contributed by atoms with Crippen LogP contribution in [0.25, 0.3) is 0 Å². The summed E-state index contributed by atoms with van der Waals surface area (Å²) in [5.74, 6) is -0.488. The molecule has 31 heavy (non-hydrogen) atoms. The second-order valence-electron chi connectivity index (χ2n) is 6.45. The second kappa shape index (κ2) is 10.1. The van der Waals surface area contributed by atoms with Crippen LogP contribution < -0.4 is 14.4 Å². The van der Waals surface area contributed by atoms with E-state index < -0.39 is 28.3 Å². The van der Waals surface area contributed by atoms with E-state index in [9.17, 15) is 17.6 Å². The lowest BCUT2D eigenvalue weighted by Crippen LogP contribution is -2.38. The van der Waals surface area contributed by atoms with Gasteiger partial charge in [0.1, 0.15) is 18.1 Å². The minimum Gasteiger partial charge on any atom is -0.494 e. The van der Waals surface area contributed by atoms with Crippen molar-refractivity contribution < 1.29 is 22.3 Å². The van der Waals surface area contributed by atoms with Gasteiger partial charge in [0.2, 0.25) is 5.91 Å². The highest BCUT2D eigenvalue weighted by Crippen LogP contribution is 2.26. The standard InChI is InChI=1S/C22H20FIN2O4S/c1-2-30-20-11-9-19(10-12-20)26(31(28,29)21-13-3-16(23)4-14-21)15-22(27)25-18-7-5-17(24)6-8-18/h3-14H,2,15H2,1H3,(H,25,27). The van der Waals surface area contributed by atoms with Gasteiger partial charge in [0.25, 0.3) is 10.0 Å². The first kappa shape index (κ1) is 23.0. The van der Waals surface area contributed by atoms with Crippen LogP contribution in [0.5, 0.6) is 5.75 Å². The van der Waals surface area contributed by atoms with Crippen molar-refractivity contribution in [2.45, 2.75) is 11.8 Å². The monoisotopic (exact) mass is 554 g/mol. The molecule has 0 saturated heterocycles. The quantitative estimate of drug-likeness (QED) is 0.411. The van der Waals surface area contributed by atoms with Crippen LogP contribution in [0.4, 0.5) is 15.8 Å². The molecule has 0 unspecified atom stereocenters. The van der Waals surface area contributed by atoms with Crippen molar-refractivity contribution in [2.75, 3.05) is 22.8 Å². The number of halogens is 2. The van der Waals surface area contributed by atoms with E-state index in [0.29, 0.717) is 18.0 Å². The van der Waals surface area contributed by atoms with Crippen LogP contribution in [0.3, 0.4) is 0 Å². The average molecular weight is 554 g/mol. The molecule has 1 amide bonds. The van der Waals surface area contributed by atoms with Crippen molar-refractivity contribution in [1.82, 2.24) is 0 Å². The molecule has 1 N–H and O–H groups in total. The molecule has 0 aliphatic rings. The van der Waals surface area contributed by atoms with Crippen LogP contribution in [0.1, 0.15) is 6.92 Å². The van der Waals surface area contributed by atoms with Gasteiger partial charge in [0, 0.05) is 9.26 Å². The predicted octanol–water partition coefficient (Wildman–Crippen LogP) is 4.66. The minimum atomic E-state index is -4.13. The summed E-state index contributed by atoms with van der Waals surface area (Å²) >= 11 is 2.15. The number of sulfonamides is 1. The van der Waals surface area contributed by atoms with E-state index in [0.717, 1.165) is 20.0 Å². The Morgan fingerprint density at radius 2 is 1.61 bits per heavy atom. The van der Waals surface area contributed by atoms with Crippen molar-refractivity contribution in [3.8, 4) is 5.75 Å². The van der Waals surface area contributed by atoms with Gasteiger partial charge in [-0.2, -0.15) is 0 Å². The largest absolute Gasteiger partial charge is 0.494 e. The Morgan fingerprint density at radius 3 is 2.19 bits per heavy atom. The summed E-state index contributed by atoms with van der Waals surface area (Å²) in [7, 11) is -4.13. The Morgan fingerprint density at radius 1 is 1.00 bits per heavy atom. The molecule has 0 spiro atoms. The van der Waals surface area contributed by atoms with E-state index in [4.69, 9.17) is 4.74 Å². The first-order valence-corrected chi connectivity index (χ1v) is 11.9. The molecular formula is C22H20FIN2O4S. The molecule has 0 heterocycles. The molecule has 0 saturated carbocycles. The first-order valence-electron chi connectivity index (χ1n) is 9.36. The van der Waals surface area contributed by atoms with Gasteiger partial charge in [0.05, 0.1) is 17.2 Å². The molecule has 9 heteroatoms. The summed E-state index contributed by atoms with van der Waals surface area (Å²) < 4.78 is 47.3. The second-order valence-corrected chi connectivity index (χ2v) is 9.56. The van der Waals surface area contributed by atoms with Crippen LogP contribution in [0, 0.1) is 9.39 Å². The molecule has 0 radical (unpaired) electrons. The number of nitrogens with zero attached hydrogens (tertiary/aromatic N) is 1. The third-order valence-corrected chi connectivity index (χ3v) is 6.76. The van der Waals surface area contributed by atoms with Crippen LogP contribution in [0.2, 0.25) is 0 Å². The lowest BCUT2D eigenvalue weighted by Gasteiger charge is -2.24. The van der Waals surface area contributed by atoms with E-state index in [-0.39, 0.29) is 10.6 Å². The minimum absolute atomic E-state index is 0.121. The molecular weight excluding hydrogens is 534 g/mol. The van der Waals surface area contributed by atoms with Crippen LogP contribution in [-0.2, 0) is 14.8 Å². The molecule has 0 atom stereocenters. The zero-order valence-corrected chi connectivity index (χ0v) is 19.6. The molecule has 6 nitrogen and oxygen atoms in total. The lowest BCUT2D eigenvalue weighted by molar-refractivity contribution is -0.114. The maximum absolute atomic E-state index is 13.3. The van der Waals surface area contributed by atoms with Gasteiger partial charge in [-0.25, -0.2) is 12.8 Å². The highest BCUT2D eigenvalue weighted by molar-refractivity contribution is 14.1. The van der Waals surface area contributed by atoms with E-state index in [1.54, 1.807) is 36.4 Å². The molecule has 0 aliphatic heterocycles. The fourth-order valence-electron chi connectivity index (χ4n) is 2.79.